The Morgan fingerprint density at radius 1 is 1.35 bits per heavy atom. The molecular formula is C17H19NO2. The van der Waals surface area contributed by atoms with Crippen molar-refractivity contribution in [3.8, 4) is 0 Å². The lowest BCUT2D eigenvalue weighted by Gasteiger charge is -2.28. The van der Waals surface area contributed by atoms with Gasteiger partial charge in [-0.05, 0) is 49.3 Å². The fraction of sp³-hybridized carbons (Fsp3) is 0.412. The Morgan fingerprint density at radius 2 is 2.10 bits per heavy atom. The molecule has 2 atom stereocenters. The highest BCUT2D eigenvalue weighted by Gasteiger charge is 2.28. The molecule has 0 amide bonds. The van der Waals surface area contributed by atoms with Crippen molar-refractivity contribution >= 4 is 16.9 Å². The van der Waals surface area contributed by atoms with Crippen LogP contribution in [0.15, 0.2) is 18.2 Å². The molecule has 2 aromatic rings. The molecule has 2 unspecified atom stereocenters. The van der Waals surface area contributed by atoms with Crippen molar-refractivity contribution < 1.29 is 9.90 Å². The van der Waals surface area contributed by atoms with E-state index in [1.165, 1.54) is 0 Å². The number of fused-ring (bicyclic) bond motifs is 2. The van der Waals surface area contributed by atoms with E-state index < -0.39 is 5.97 Å². The molecule has 0 bridgehead atoms. The second-order valence-electron chi connectivity index (χ2n) is 6.12. The second-order valence-corrected chi connectivity index (χ2v) is 6.12. The first-order valence-electron chi connectivity index (χ1n) is 7.13. The van der Waals surface area contributed by atoms with Crippen molar-refractivity contribution in [2.75, 3.05) is 0 Å². The second kappa shape index (κ2) is 4.58. The molecule has 1 heterocycles. The summed E-state index contributed by atoms with van der Waals surface area (Å²) in [6.45, 7) is 6.31. The van der Waals surface area contributed by atoms with E-state index in [2.05, 4.69) is 13.8 Å². The molecule has 0 aliphatic heterocycles. The summed E-state index contributed by atoms with van der Waals surface area (Å²) in [7, 11) is 0. The number of aryl methyl sites for hydroxylation is 1. The number of benzene rings is 1. The van der Waals surface area contributed by atoms with Gasteiger partial charge in [0.2, 0.25) is 0 Å². The van der Waals surface area contributed by atoms with Gasteiger partial charge in [0, 0.05) is 11.1 Å². The van der Waals surface area contributed by atoms with E-state index in [0.717, 1.165) is 40.6 Å². The first kappa shape index (κ1) is 13.1. The van der Waals surface area contributed by atoms with Gasteiger partial charge in [-0.3, -0.25) is 4.98 Å². The van der Waals surface area contributed by atoms with E-state index in [1.807, 2.05) is 25.1 Å². The minimum absolute atomic E-state index is 0.331. The van der Waals surface area contributed by atoms with Crippen LogP contribution in [0.3, 0.4) is 0 Å². The summed E-state index contributed by atoms with van der Waals surface area (Å²) in [5, 5.41) is 10.4. The Morgan fingerprint density at radius 3 is 2.80 bits per heavy atom. The van der Waals surface area contributed by atoms with Crippen LogP contribution in [-0.4, -0.2) is 16.1 Å². The molecule has 3 rings (SSSR count). The minimum atomic E-state index is -0.833. The Bertz CT molecular complexity index is 706. The van der Waals surface area contributed by atoms with Crippen LogP contribution < -0.4 is 0 Å². The summed E-state index contributed by atoms with van der Waals surface area (Å²) in [5.41, 5.74) is 4.26. The van der Waals surface area contributed by atoms with Gasteiger partial charge < -0.3 is 5.11 Å². The molecule has 1 aromatic carbocycles. The third-order valence-electron chi connectivity index (χ3n) is 4.26. The molecule has 1 aliphatic rings. The lowest BCUT2D eigenvalue weighted by Crippen LogP contribution is -2.20. The fourth-order valence-corrected chi connectivity index (χ4v) is 3.44. The lowest BCUT2D eigenvalue weighted by atomic mass is 9.78. The maximum absolute atomic E-state index is 11.8. The predicted molar refractivity (Wildman–Crippen MR) is 79.3 cm³/mol. The molecule has 20 heavy (non-hydrogen) atoms. The molecule has 0 saturated carbocycles. The number of carbonyl (C=O) groups is 1. The average molecular weight is 269 g/mol. The zero-order chi connectivity index (χ0) is 14.4. The Balaban J connectivity index is 2.40. The maximum Gasteiger partial charge on any atom is 0.336 e. The maximum atomic E-state index is 11.8. The zero-order valence-corrected chi connectivity index (χ0v) is 12.1. The van der Waals surface area contributed by atoms with E-state index in [1.54, 1.807) is 0 Å². The summed E-state index contributed by atoms with van der Waals surface area (Å²) in [4.78, 5) is 16.5. The van der Waals surface area contributed by atoms with Gasteiger partial charge >= 0.3 is 5.97 Å². The number of hydrogen-bond acceptors (Lipinski definition) is 2. The van der Waals surface area contributed by atoms with E-state index in [9.17, 15) is 9.90 Å². The van der Waals surface area contributed by atoms with Crippen LogP contribution in [0.5, 0.6) is 0 Å². The zero-order valence-electron chi connectivity index (χ0n) is 12.1. The van der Waals surface area contributed by atoms with Crippen LogP contribution in [0.4, 0.5) is 0 Å². The summed E-state index contributed by atoms with van der Waals surface area (Å²) in [5.74, 6) is 0.0118. The molecule has 0 radical (unpaired) electrons. The van der Waals surface area contributed by atoms with Crippen LogP contribution in [-0.2, 0) is 6.42 Å². The van der Waals surface area contributed by atoms with Gasteiger partial charge in [0.05, 0.1) is 11.1 Å². The first-order valence-corrected chi connectivity index (χ1v) is 7.13. The Kier molecular flexibility index (Phi) is 3.00. The largest absolute Gasteiger partial charge is 0.478 e. The van der Waals surface area contributed by atoms with Crippen LogP contribution in [0.25, 0.3) is 10.9 Å². The number of aromatic nitrogens is 1. The lowest BCUT2D eigenvalue weighted by molar-refractivity contribution is 0.0697. The molecule has 0 fully saturated rings. The summed E-state index contributed by atoms with van der Waals surface area (Å²) in [6, 6.07) is 5.86. The summed E-state index contributed by atoms with van der Waals surface area (Å²) >= 11 is 0. The SMILES string of the molecule is Cc1ccc2nc3c(c(C(=O)O)c2c1)CC(C)CC3C. The van der Waals surface area contributed by atoms with Gasteiger partial charge in [0.25, 0.3) is 0 Å². The van der Waals surface area contributed by atoms with Crippen LogP contribution >= 0.6 is 0 Å². The van der Waals surface area contributed by atoms with Crippen LogP contribution in [0, 0.1) is 12.8 Å². The Hall–Kier alpha value is -1.90. The summed E-state index contributed by atoms with van der Waals surface area (Å²) < 4.78 is 0. The fourth-order valence-electron chi connectivity index (χ4n) is 3.44. The number of hydrogen-bond donors (Lipinski definition) is 1. The van der Waals surface area contributed by atoms with Crippen molar-refractivity contribution in [1.29, 1.82) is 0 Å². The third-order valence-corrected chi connectivity index (χ3v) is 4.26. The molecule has 1 aliphatic carbocycles. The Labute approximate surface area is 118 Å². The van der Waals surface area contributed by atoms with Crippen LogP contribution in [0.2, 0.25) is 0 Å². The van der Waals surface area contributed by atoms with Gasteiger partial charge in [0.15, 0.2) is 0 Å². The molecule has 1 aromatic heterocycles. The van der Waals surface area contributed by atoms with Crippen LogP contribution in [0.1, 0.15) is 53.4 Å². The van der Waals surface area contributed by atoms with Gasteiger partial charge in [-0.2, -0.15) is 0 Å². The molecule has 0 spiro atoms. The van der Waals surface area contributed by atoms with E-state index in [-0.39, 0.29) is 0 Å². The summed E-state index contributed by atoms with van der Waals surface area (Å²) in [6.07, 6.45) is 1.90. The van der Waals surface area contributed by atoms with E-state index >= 15 is 0 Å². The molecule has 3 nitrogen and oxygen atoms in total. The minimum Gasteiger partial charge on any atom is -0.478 e. The van der Waals surface area contributed by atoms with Gasteiger partial charge in [0.1, 0.15) is 0 Å². The number of pyridine rings is 1. The molecule has 3 heteroatoms. The number of carboxylic acids is 1. The smallest absolute Gasteiger partial charge is 0.336 e. The number of nitrogens with zero attached hydrogens (tertiary/aromatic N) is 1. The topological polar surface area (TPSA) is 50.2 Å². The highest BCUT2D eigenvalue weighted by Crippen LogP contribution is 2.37. The van der Waals surface area contributed by atoms with E-state index in [4.69, 9.17) is 4.98 Å². The third kappa shape index (κ3) is 1.98. The predicted octanol–water partition coefficient (Wildman–Crippen LogP) is 3.93. The number of rotatable bonds is 1. The van der Waals surface area contributed by atoms with Crippen molar-refractivity contribution in [1.82, 2.24) is 4.98 Å². The number of carboxylic acid groups (broad SMARTS) is 1. The van der Waals surface area contributed by atoms with Gasteiger partial charge in [-0.15, -0.1) is 0 Å². The van der Waals surface area contributed by atoms with Gasteiger partial charge in [-0.25, -0.2) is 4.79 Å². The van der Waals surface area contributed by atoms with Crippen molar-refractivity contribution in [2.24, 2.45) is 5.92 Å². The molecule has 1 N–H and O–H groups in total. The highest BCUT2D eigenvalue weighted by atomic mass is 16.4. The standard InChI is InChI=1S/C17H19NO2/c1-9-4-5-14-12(7-9)15(17(19)20)13-8-10(2)6-11(3)16(13)18-14/h4-5,7,10-11H,6,8H2,1-3H3,(H,19,20). The first-order chi connectivity index (χ1) is 9.47. The van der Waals surface area contributed by atoms with Crippen molar-refractivity contribution in [3.05, 3.63) is 40.6 Å². The van der Waals surface area contributed by atoms with E-state index in [0.29, 0.717) is 17.4 Å². The van der Waals surface area contributed by atoms with Gasteiger partial charge in [-0.1, -0.05) is 25.5 Å². The highest BCUT2D eigenvalue weighted by molar-refractivity contribution is 6.04. The van der Waals surface area contributed by atoms with Crippen molar-refractivity contribution in [2.45, 2.75) is 39.5 Å². The molecule has 0 saturated heterocycles. The monoisotopic (exact) mass is 269 g/mol. The number of aromatic carboxylic acids is 1. The van der Waals surface area contributed by atoms with Crippen molar-refractivity contribution in [3.63, 3.8) is 0 Å². The normalized spacial score (nSPS) is 21.8. The molecular weight excluding hydrogens is 250 g/mol. The molecule has 104 valence electrons. The quantitative estimate of drug-likeness (QED) is 0.853. The average Bonchev–Trinajstić information content (AvgIpc) is 2.36.